The second kappa shape index (κ2) is 10.0. The number of pyridine rings is 1. The van der Waals surface area contributed by atoms with Crippen LogP contribution in [-0.4, -0.2) is 47.4 Å². The molecule has 2 amide bonds. The molecule has 0 bridgehead atoms. The van der Waals surface area contributed by atoms with Crippen LogP contribution in [0.2, 0.25) is 5.15 Å². The Morgan fingerprint density at radius 3 is 2.45 bits per heavy atom. The quantitative estimate of drug-likeness (QED) is 0.549. The van der Waals surface area contributed by atoms with E-state index in [1.807, 2.05) is 13.8 Å². The molecule has 0 aliphatic carbocycles. The maximum absolute atomic E-state index is 12.4. The molecule has 0 spiro atoms. The smallest absolute Gasteiger partial charge is 0.342 e. The van der Waals surface area contributed by atoms with E-state index >= 15 is 0 Å². The Bertz CT molecular complexity index is 903. The average Bonchev–Trinajstić information content (AvgIpc) is 2.66. The van der Waals surface area contributed by atoms with E-state index in [1.54, 1.807) is 49.1 Å². The minimum Gasteiger partial charge on any atom is -0.452 e. The van der Waals surface area contributed by atoms with Gasteiger partial charge in [0.25, 0.3) is 11.8 Å². The Morgan fingerprint density at radius 2 is 1.83 bits per heavy atom. The molecule has 2 rings (SSSR count). The zero-order chi connectivity index (χ0) is 21.6. The molecule has 8 heteroatoms. The lowest BCUT2D eigenvalue weighted by atomic mass is 10.1. The number of benzene rings is 1. The molecule has 0 aliphatic heterocycles. The molecule has 0 unspecified atom stereocenters. The number of hydrogen-bond donors (Lipinski definition) is 1. The van der Waals surface area contributed by atoms with Crippen LogP contribution in [0.15, 0.2) is 30.3 Å². The van der Waals surface area contributed by atoms with Crippen molar-refractivity contribution < 1.29 is 19.1 Å². The monoisotopic (exact) mass is 417 g/mol. The Morgan fingerprint density at radius 1 is 1.14 bits per heavy atom. The fourth-order valence-electron chi connectivity index (χ4n) is 2.86. The van der Waals surface area contributed by atoms with Crippen LogP contribution >= 0.6 is 11.6 Å². The van der Waals surface area contributed by atoms with Crippen molar-refractivity contribution in [1.29, 1.82) is 0 Å². The van der Waals surface area contributed by atoms with Crippen LogP contribution in [0, 0.1) is 13.8 Å². The van der Waals surface area contributed by atoms with Crippen LogP contribution < -0.4 is 5.32 Å². The molecule has 1 heterocycles. The molecule has 154 valence electrons. The number of carbonyl (C=O) groups excluding carboxylic acids is 3. The summed E-state index contributed by atoms with van der Waals surface area (Å²) in [6.45, 7) is 7.99. The zero-order valence-corrected chi connectivity index (χ0v) is 17.7. The highest BCUT2D eigenvalue weighted by Gasteiger charge is 2.18. The number of ether oxygens (including phenoxy) is 1. The number of carbonyl (C=O) groups is 3. The number of rotatable bonds is 7. The van der Waals surface area contributed by atoms with E-state index in [4.69, 9.17) is 16.3 Å². The topological polar surface area (TPSA) is 88.6 Å². The third-order valence-corrected chi connectivity index (χ3v) is 4.56. The lowest BCUT2D eigenvalue weighted by Crippen LogP contribution is -2.30. The van der Waals surface area contributed by atoms with Gasteiger partial charge in [0.15, 0.2) is 6.61 Å². The van der Waals surface area contributed by atoms with Gasteiger partial charge in [0.1, 0.15) is 5.15 Å². The highest BCUT2D eigenvalue weighted by atomic mass is 35.5. The standard InChI is InChI=1S/C21H24ClN3O4/c1-5-25(6-2)20(27)15-8-7-9-16(11-15)24-17(26)12-29-21(28)18-13(3)10-14(4)23-19(18)22/h7-11H,5-6,12H2,1-4H3,(H,24,26). The molecule has 0 atom stereocenters. The van der Waals surface area contributed by atoms with Crippen LogP contribution in [0.4, 0.5) is 5.69 Å². The summed E-state index contributed by atoms with van der Waals surface area (Å²) < 4.78 is 5.06. The fraction of sp³-hybridized carbons (Fsp3) is 0.333. The van der Waals surface area contributed by atoms with Crippen molar-refractivity contribution in [2.75, 3.05) is 25.0 Å². The SMILES string of the molecule is CCN(CC)C(=O)c1cccc(NC(=O)COC(=O)c2c(C)cc(C)nc2Cl)c1. The maximum Gasteiger partial charge on any atom is 0.342 e. The normalized spacial score (nSPS) is 10.4. The number of nitrogens with zero attached hydrogens (tertiary/aromatic N) is 2. The summed E-state index contributed by atoms with van der Waals surface area (Å²) in [6, 6.07) is 8.32. The Labute approximate surface area is 175 Å². The van der Waals surface area contributed by atoms with Crippen molar-refractivity contribution in [3.05, 3.63) is 57.9 Å². The lowest BCUT2D eigenvalue weighted by molar-refractivity contribution is -0.119. The highest BCUT2D eigenvalue weighted by Crippen LogP contribution is 2.20. The van der Waals surface area contributed by atoms with E-state index in [2.05, 4.69) is 10.3 Å². The van der Waals surface area contributed by atoms with Crippen LogP contribution in [-0.2, 0) is 9.53 Å². The molecule has 1 aromatic carbocycles. The molecule has 0 aliphatic rings. The van der Waals surface area contributed by atoms with Crippen molar-refractivity contribution in [2.24, 2.45) is 0 Å². The molecule has 2 aromatic rings. The van der Waals surface area contributed by atoms with Gasteiger partial charge in [-0.2, -0.15) is 0 Å². The molecule has 1 aromatic heterocycles. The fourth-order valence-corrected chi connectivity index (χ4v) is 3.22. The number of aromatic nitrogens is 1. The molecule has 0 fully saturated rings. The lowest BCUT2D eigenvalue weighted by Gasteiger charge is -2.19. The number of amides is 2. The maximum atomic E-state index is 12.4. The summed E-state index contributed by atoms with van der Waals surface area (Å²) in [5.41, 5.74) is 2.35. The van der Waals surface area contributed by atoms with Crippen LogP contribution in [0.3, 0.4) is 0 Å². The minimum atomic E-state index is -0.722. The zero-order valence-electron chi connectivity index (χ0n) is 16.9. The van der Waals surface area contributed by atoms with E-state index in [0.717, 1.165) is 0 Å². The number of esters is 1. The van der Waals surface area contributed by atoms with Gasteiger partial charge in [-0.25, -0.2) is 9.78 Å². The third-order valence-electron chi connectivity index (χ3n) is 4.28. The number of aryl methyl sites for hydroxylation is 2. The van der Waals surface area contributed by atoms with Crippen LogP contribution in [0.1, 0.15) is 45.8 Å². The highest BCUT2D eigenvalue weighted by molar-refractivity contribution is 6.32. The summed E-state index contributed by atoms with van der Waals surface area (Å²) in [4.78, 5) is 42.6. The first-order chi connectivity index (χ1) is 13.8. The van der Waals surface area contributed by atoms with E-state index in [9.17, 15) is 14.4 Å². The number of nitrogens with one attached hydrogen (secondary N) is 1. The Balaban J connectivity index is 2.01. The molecule has 0 saturated heterocycles. The summed E-state index contributed by atoms with van der Waals surface area (Å²) in [7, 11) is 0. The van der Waals surface area contributed by atoms with Gasteiger partial charge in [-0.15, -0.1) is 0 Å². The van der Waals surface area contributed by atoms with Gasteiger partial charge in [-0.1, -0.05) is 17.7 Å². The first-order valence-electron chi connectivity index (χ1n) is 9.26. The molecule has 1 N–H and O–H groups in total. The number of anilines is 1. The number of halogens is 1. The third kappa shape index (κ3) is 5.77. The van der Waals surface area contributed by atoms with Crippen LogP contribution in [0.25, 0.3) is 0 Å². The molecule has 0 radical (unpaired) electrons. The first-order valence-corrected chi connectivity index (χ1v) is 9.64. The summed E-state index contributed by atoms with van der Waals surface area (Å²) in [6.07, 6.45) is 0. The predicted octanol–water partition coefficient (Wildman–Crippen LogP) is 3.63. The van der Waals surface area contributed by atoms with E-state index in [-0.39, 0.29) is 16.6 Å². The number of hydrogen-bond acceptors (Lipinski definition) is 5. The van der Waals surface area contributed by atoms with Crippen molar-refractivity contribution in [3.63, 3.8) is 0 Å². The molecule has 0 saturated carbocycles. The van der Waals surface area contributed by atoms with Gasteiger partial charge in [0.05, 0.1) is 5.56 Å². The predicted molar refractivity (Wildman–Crippen MR) is 111 cm³/mol. The van der Waals surface area contributed by atoms with E-state index < -0.39 is 18.5 Å². The first kappa shape index (κ1) is 22.4. The minimum absolute atomic E-state index is 0.0375. The second-order valence-electron chi connectivity index (χ2n) is 6.43. The van der Waals surface area contributed by atoms with Gasteiger partial charge in [-0.3, -0.25) is 9.59 Å². The molecular weight excluding hydrogens is 394 g/mol. The van der Waals surface area contributed by atoms with E-state index in [1.165, 1.54) is 0 Å². The van der Waals surface area contributed by atoms with Crippen molar-refractivity contribution in [1.82, 2.24) is 9.88 Å². The van der Waals surface area contributed by atoms with Crippen molar-refractivity contribution in [3.8, 4) is 0 Å². The largest absolute Gasteiger partial charge is 0.452 e. The summed E-state index contributed by atoms with van der Waals surface area (Å²) >= 11 is 6.02. The van der Waals surface area contributed by atoms with Gasteiger partial charge in [0.2, 0.25) is 0 Å². The summed E-state index contributed by atoms with van der Waals surface area (Å²) in [5.74, 6) is -1.37. The summed E-state index contributed by atoms with van der Waals surface area (Å²) in [5, 5.41) is 2.66. The van der Waals surface area contributed by atoms with Gasteiger partial charge in [0, 0.05) is 30.0 Å². The average molecular weight is 418 g/mol. The van der Waals surface area contributed by atoms with Crippen molar-refractivity contribution in [2.45, 2.75) is 27.7 Å². The van der Waals surface area contributed by atoms with Gasteiger partial charge in [-0.05, 0) is 57.5 Å². The van der Waals surface area contributed by atoms with Gasteiger partial charge >= 0.3 is 5.97 Å². The molecular formula is C21H24ClN3O4. The van der Waals surface area contributed by atoms with Crippen LogP contribution in [0.5, 0.6) is 0 Å². The Kier molecular flexibility index (Phi) is 7.73. The van der Waals surface area contributed by atoms with E-state index in [0.29, 0.717) is 35.6 Å². The second-order valence-corrected chi connectivity index (χ2v) is 6.79. The van der Waals surface area contributed by atoms with Crippen molar-refractivity contribution >= 4 is 35.1 Å². The van der Waals surface area contributed by atoms with Gasteiger partial charge < -0.3 is 15.0 Å². The Hall–Kier alpha value is -2.93. The molecule has 7 nitrogen and oxygen atoms in total. The molecule has 29 heavy (non-hydrogen) atoms.